The van der Waals surface area contributed by atoms with E-state index in [0.29, 0.717) is 31.6 Å². The molecule has 2 fully saturated rings. The second-order valence-electron chi connectivity index (χ2n) is 10.2. The number of piperidine rings is 1. The van der Waals surface area contributed by atoms with Gasteiger partial charge in [0.05, 0.1) is 23.6 Å². The van der Waals surface area contributed by atoms with Crippen LogP contribution >= 0.6 is 0 Å². The Kier molecular flexibility index (Phi) is 7.44. The Labute approximate surface area is 224 Å². The molecule has 9 heteroatoms. The number of amides is 2. The SMILES string of the molecule is O=C(CN1CCCC(c2ccccc2)(c2ccccc2)C1=O)NC1CN(Cc2ccc(F)c(C(F)(F)F)c2)C1. The first-order valence-electron chi connectivity index (χ1n) is 12.9. The molecule has 39 heavy (non-hydrogen) atoms. The van der Waals surface area contributed by atoms with E-state index >= 15 is 0 Å². The third-order valence-electron chi connectivity index (χ3n) is 7.56. The van der Waals surface area contributed by atoms with Crippen molar-refractivity contribution in [2.24, 2.45) is 0 Å². The summed E-state index contributed by atoms with van der Waals surface area (Å²) >= 11 is 0. The van der Waals surface area contributed by atoms with Crippen molar-refractivity contribution >= 4 is 11.8 Å². The van der Waals surface area contributed by atoms with Crippen molar-refractivity contribution in [3.63, 3.8) is 0 Å². The zero-order valence-electron chi connectivity index (χ0n) is 21.3. The van der Waals surface area contributed by atoms with Gasteiger partial charge in [-0.05, 0) is 41.7 Å². The first kappa shape index (κ1) is 26.9. The molecule has 0 radical (unpaired) electrons. The van der Waals surface area contributed by atoms with E-state index in [1.165, 1.54) is 6.07 Å². The lowest BCUT2D eigenvalue weighted by molar-refractivity contribution is -0.143. The Hall–Kier alpha value is -3.72. The largest absolute Gasteiger partial charge is 0.419 e. The molecule has 0 aliphatic carbocycles. The topological polar surface area (TPSA) is 52.7 Å². The highest BCUT2D eigenvalue weighted by Gasteiger charge is 2.47. The maximum atomic E-state index is 14.0. The molecule has 2 aliphatic heterocycles. The second kappa shape index (κ2) is 10.8. The molecule has 0 unspecified atom stereocenters. The molecule has 0 bridgehead atoms. The molecule has 0 saturated carbocycles. The minimum absolute atomic E-state index is 0.0658. The van der Waals surface area contributed by atoms with Gasteiger partial charge in [-0.1, -0.05) is 66.7 Å². The molecule has 204 valence electrons. The number of carbonyl (C=O) groups is 2. The molecule has 0 spiro atoms. The van der Waals surface area contributed by atoms with Gasteiger partial charge in [-0.15, -0.1) is 0 Å². The van der Waals surface area contributed by atoms with E-state index < -0.39 is 23.0 Å². The number of likely N-dealkylation sites (tertiary alicyclic amines) is 2. The third kappa shape index (κ3) is 5.54. The average Bonchev–Trinajstić information content (AvgIpc) is 2.90. The van der Waals surface area contributed by atoms with Gasteiger partial charge in [-0.2, -0.15) is 13.2 Å². The van der Waals surface area contributed by atoms with Gasteiger partial charge in [0.25, 0.3) is 0 Å². The van der Waals surface area contributed by atoms with Crippen molar-refractivity contribution in [1.82, 2.24) is 15.1 Å². The van der Waals surface area contributed by atoms with E-state index in [-0.39, 0.29) is 30.9 Å². The molecule has 5 nitrogen and oxygen atoms in total. The van der Waals surface area contributed by atoms with Crippen molar-refractivity contribution in [3.05, 3.63) is 107 Å². The molecular formula is C30H29F4N3O2. The number of carbonyl (C=O) groups excluding carboxylic acids is 2. The van der Waals surface area contributed by atoms with Crippen LogP contribution in [0.15, 0.2) is 78.9 Å². The highest BCUT2D eigenvalue weighted by molar-refractivity contribution is 5.95. The van der Waals surface area contributed by atoms with Crippen molar-refractivity contribution in [3.8, 4) is 0 Å². The number of nitrogens with one attached hydrogen (secondary N) is 1. The lowest BCUT2D eigenvalue weighted by Gasteiger charge is -2.43. The predicted octanol–water partition coefficient (Wildman–Crippen LogP) is 4.75. The van der Waals surface area contributed by atoms with E-state index in [9.17, 15) is 27.2 Å². The zero-order chi connectivity index (χ0) is 27.6. The summed E-state index contributed by atoms with van der Waals surface area (Å²) in [5, 5.41) is 2.94. The van der Waals surface area contributed by atoms with Crippen LogP contribution in [-0.4, -0.2) is 53.8 Å². The van der Waals surface area contributed by atoms with Crippen molar-refractivity contribution in [2.45, 2.75) is 37.0 Å². The maximum absolute atomic E-state index is 14.0. The molecule has 0 aromatic heterocycles. The summed E-state index contributed by atoms with van der Waals surface area (Å²) in [7, 11) is 0. The number of rotatable bonds is 7. The Morgan fingerprint density at radius 1 is 0.949 bits per heavy atom. The van der Waals surface area contributed by atoms with E-state index in [2.05, 4.69) is 5.32 Å². The van der Waals surface area contributed by atoms with Gasteiger partial charge in [0, 0.05) is 26.2 Å². The van der Waals surface area contributed by atoms with Crippen LogP contribution in [0.4, 0.5) is 17.6 Å². The Balaban J connectivity index is 1.20. The van der Waals surface area contributed by atoms with Gasteiger partial charge in [0.15, 0.2) is 0 Å². The van der Waals surface area contributed by atoms with Crippen LogP contribution in [0.5, 0.6) is 0 Å². The lowest BCUT2D eigenvalue weighted by Crippen LogP contribution is -2.61. The monoisotopic (exact) mass is 539 g/mol. The standard InChI is InChI=1S/C30H29F4N3O2/c31-26-13-12-21(16-25(26)30(32,33)34)17-36-18-24(19-36)35-27(38)20-37-15-7-14-29(28(37)39,22-8-3-1-4-9-22)23-10-5-2-6-11-23/h1-6,8-13,16,24H,7,14-15,17-20H2,(H,35,38). The fourth-order valence-electron chi connectivity index (χ4n) is 5.70. The highest BCUT2D eigenvalue weighted by atomic mass is 19.4. The van der Waals surface area contributed by atoms with Crippen molar-refractivity contribution in [2.75, 3.05) is 26.2 Å². The summed E-state index contributed by atoms with van der Waals surface area (Å²) < 4.78 is 52.6. The van der Waals surface area contributed by atoms with E-state index in [4.69, 9.17) is 0 Å². The molecule has 2 amide bonds. The number of benzene rings is 3. The first-order valence-corrected chi connectivity index (χ1v) is 12.9. The highest BCUT2D eigenvalue weighted by Crippen LogP contribution is 2.41. The summed E-state index contributed by atoms with van der Waals surface area (Å²) in [5.41, 5.74) is 0.00808. The summed E-state index contributed by atoms with van der Waals surface area (Å²) in [4.78, 5) is 30.4. The number of halogens is 4. The van der Waals surface area contributed by atoms with Gasteiger partial charge < -0.3 is 10.2 Å². The quantitative estimate of drug-likeness (QED) is 0.441. The van der Waals surface area contributed by atoms with Crippen molar-refractivity contribution < 1.29 is 27.2 Å². The van der Waals surface area contributed by atoms with Gasteiger partial charge in [0.1, 0.15) is 5.82 Å². The van der Waals surface area contributed by atoms with Crippen LogP contribution in [0.3, 0.4) is 0 Å². The van der Waals surface area contributed by atoms with Gasteiger partial charge in [-0.25, -0.2) is 4.39 Å². The van der Waals surface area contributed by atoms with Gasteiger partial charge >= 0.3 is 6.18 Å². The third-order valence-corrected chi connectivity index (χ3v) is 7.56. The number of hydrogen-bond donors (Lipinski definition) is 1. The van der Waals surface area contributed by atoms with Crippen LogP contribution in [0.25, 0.3) is 0 Å². The molecule has 1 N–H and O–H groups in total. The molecule has 5 rings (SSSR count). The van der Waals surface area contributed by atoms with Crippen LogP contribution < -0.4 is 5.32 Å². The number of alkyl halides is 3. The van der Waals surface area contributed by atoms with Gasteiger partial charge in [0.2, 0.25) is 11.8 Å². The summed E-state index contributed by atoms with van der Waals surface area (Å²) in [6.07, 6.45) is -3.36. The lowest BCUT2D eigenvalue weighted by atomic mass is 9.68. The second-order valence-corrected chi connectivity index (χ2v) is 10.2. The van der Waals surface area contributed by atoms with Crippen molar-refractivity contribution in [1.29, 1.82) is 0 Å². The summed E-state index contributed by atoms with van der Waals surface area (Å²) in [6, 6.07) is 22.1. The minimum Gasteiger partial charge on any atom is -0.349 e. The molecule has 2 heterocycles. The normalized spacial score (nSPS) is 18.1. The fourth-order valence-corrected chi connectivity index (χ4v) is 5.70. The summed E-state index contributed by atoms with van der Waals surface area (Å²) in [6.45, 7) is 1.55. The Morgan fingerprint density at radius 3 is 2.15 bits per heavy atom. The first-order chi connectivity index (χ1) is 18.7. The van der Waals surface area contributed by atoms with Crippen LogP contribution in [0.1, 0.15) is 35.1 Å². The predicted molar refractivity (Wildman–Crippen MR) is 138 cm³/mol. The Bertz CT molecular complexity index is 1290. The van der Waals surface area contributed by atoms with E-state index in [0.717, 1.165) is 29.7 Å². The van der Waals surface area contributed by atoms with E-state index in [1.54, 1.807) is 4.90 Å². The minimum atomic E-state index is -4.75. The smallest absolute Gasteiger partial charge is 0.349 e. The average molecular weight is 540 g/mol. The molecule has 3 aromatic carbocycles. The van der Waals surface area contributed by atoms with Crippen LogP contribution in [0, 0.1) is 5.82 Å². The van der Waals surface area contributed by atoms with E-state index in [1.807, 2.05) is 65.6 Å². The number of nitrogens with zero attached hydrogens (tertiary/aromatic N) is 2. The molecule has 0 atom stereocenters. The Morgan fingerprint density at radius 2 is 1.56 bits per heavy atom. The summed E-state index contributed by atoms with van der Waals surface area (Å²) in [5.74, 6) is -1.67. The maximum Gasteiger partial charge on any atom is 0.419 e. The van der Waals surface area contributed by atoms with Crippen LogP contribution in [0.2, 0.25) is 0 Å². The molecule has 2 saturated heterocycles. The molecule has 3 aromatic rings. The van der Waals surface area contributed by atoms with Crippen LogP contribution in [-0.2, 0) is 27.7 Å². The molecular weight excluding hydrogens is 510 g/mol. The molecule has 2 aliphatic rings. The zero-order valence-corrected chi connectivity index (χ0v) is 21.3. The van der Waals surface area contributed by atoms with Gasteiger partial charge in [-0.3, -0.25) is 14.5 Å². The number of hydrogen-bond acceptors (Lipinski definition) is 3. The fraction of sp³-hybridized carbons (Fsp3) is 0.333.